The molecule has 1 aliphatic heterocycles. The first-order chi connectivity index (χ1) is 14.3. The van der Waals surface area contributed by atoms with Gasteiger partial charge in [-0.2, -0.15) is 13.1 Å². The van der Waals surface area contributed by atoms with E-state index in [-0.39, 0.29) is 54.4 Å². The van der Waals surface area contributed by atoms with E-state index in [1.165, 1.54) is 33.5 Å². The van der Waals surface area contributed by atoms with Gasteiger partial charge in [-0.3, -0.25) is 0 Å². The quantitative estimate of drug-likeness (QED) is 0.719. The molecule has 2 aromatic carbocycles. The number of nitrogens with zero attached hydrogens (tertiary/aromatic N) is 2. The van der Waals surface area contributed by atoms with Crippen molar-refractivity contribution in [1.29, 1.82) is 0 Å². The molecule has 0 aliphatic carbocycles. The van der Waals surface area contributed by atoms with Gasteiger partial charge >= 0.3 is 12.6 Å². The summed E-state index contributed by atoms with van der Waals surface area (Å²) >= 11 is 6.01. The number of urea groups is 1. The van der Waals surface area contributed by atoms with E-state index in [1.807, 2.05) is 0 Å². The van der Waals surface area contributed by atoms with Gasteiger partial charge in [0, 0.05) is 32.7 Å². The Morgan fingerprint density at radius 3 is 2.47 bits per heavy atom. The van der Waals surface area contributed by atoms with Crippen molar-refractivity contribution in [3.8, 4) is 5.75 Å². The van der Waals surface area contributed by atoms with Crippen molar-refractivity contribution in [2.45, 2.75) is 18.1 Å². The second-order valence-corrected chi connectivity index (χ2v) is 8.82. The first-order valence-corrected chi connectivity index (χ1v) is 10.9. The lowest BCUT2D eigenvalue weighted by Gasteiger charge is -2.34. The van der Waals surface area contributed by atoms with Crippen LogP contribution in [0.2, 0.25) is 5.02 Å². The Kier molecular flexibility index (Phi) is 7.11. The standard InChI is InChI=1S/C19H20ClF2N3O4S/c20-16-6-1-2-7-17(16)30(27,28)25-10-8-24(9-11-25)19(26)23-13-14-4-3-5-15(12-14)29-18(21)22/h1-7,12,18H,8-11,13H2,(H,23,26). The third kappa shape index (κ3) is 5.38. The van der Waals surface area contributed by atoms with E-state index in [0.29, 0.717) is 5.56 Å². The number of carbonyl (C=O) groups excluding carboxylic acids is 1. The zero-order valence-electron chi connectivity index (χ0n) is 15.8. The van der Waals surface area contributed by atoms with E-state index in [1.54, 1.807) is 24.3 Å². The SMILES string of the molecule is O=C(NCc1cccc(OC(F)F)c1)N1CCN(S(=O)(=O)c2ccccc2Cl)CC1. The summed E-state index contributed by atoms with van der Waals surface area (Å²) in [6.07, 6.45) is 0. The van der Waals surface area contributed by atoms with E-state index in [2.05, 4.69) is 10.1 Å². The number of piperazine rings is 1. The number of ether oxygens (including phenoxy) is 1. The summed E-state index contributed by atoms with van der Waals surface area (Å²) in [6.45, 7) is -2.10. The maximum Gasteiger partial charge on any atom is 0.387 e. The minimum atomic E-state index is -3.74. The van der Waals surface area contributed by atoms with Crippen molar-refractivity contribution in [3.63, 3.8) is 0 Å². The normalized spacial score (nSPS) is 15.3. The molecule has 0 aromatic heterocycles. The fourth-order valence-corrected chi connectivity index (χ4v) is 4.96. The lowest BCUT2D eigenvalue weighted by atomic mass is 10.2. The van der Waals surface area contributed by atoms with Gasteiger partial charge in [-0.15, -0.1) is 0 Å². The summed E-state index contributed by atoms with van der Waals surface area (Å²) < 4.78 is 55.8. The lowest BCUT2D eigenvalue weighted by molar-refractivity contribution is -0.0498. The van der Waals surface area contributed by atoms with Crippen LogP contribution >= 0.6 is 11.6 Å². The average Bonchev–Trinajstić information content (AvgIpc) is 2.72. The molecule has 0 saturated carbocycles. The van der Waals surface area contributed by atoms with Crippen molar-refractivity contribution < 1.29 is 26.7 Å². The van der Waals surface area contributed by atoms with E-state index < -0.39 is 16.6 Å². The topological polar surface area (TPSA) is 79.0 Å². The number of sulfonamides is 1. The largest absolute Gasteiger partial charge is 0.435 e. The van der Waals surface area contributed by atoms with Crippen LogP contribution in [-0.2, 0) is 16.6 Å². The Hall–Kier alpha value is -2.43. The third-order valence-electron chi connectivity index (χ3n) is 4.55. The van der Waals surface area contributed by atoms with E-state index in [9.17, 15) is 22.0 Å². The Morgan fingerprint density at radius 2 is 1.80 bits per heavy atom. The van der Waals surface area contributed by atoms with Crippen LogP contribution in [0.3, 0.4) is 0 Å². The first kappa shape index (κ1) is 22.3. The molecule has 11 heteroatoms. The Labute approximate surface area is 178 Å². The molecular weight excluding hydrogens is 440 g/mol. The third-order valence-corrected chi connectivity index (χ3v) is 6.95. The van der Waals surface area contributed by atoms with Gasteiger partial charge < -0.3 is 15.0 Å². The number of hydrogen-bond acceptors (Lipinski definition) is 4. The van der Waals surface area contributed by atoms with E-state index in [0.717, 1.165) is 0 Å². The first-order valence-electron chi connectivity index (χ1n) is 9.08. The van der Waals surface area contributed by atoms with E-state index >= 15 is 0 Å². The van der Waals surface area contributed by atoms with Gasteiger partial charge in [-0.1, -0.05) is 35.9 Å². The van der Waals surface area contributed by atoms with Crippen LogP contribution in [0.15, 0.2) is 53.4 Å². The van der Waals surface area contributed by atoms with Gasteiger partial charge in [0.1, 0.15) is 10.6 Å². The molecule has 0 atom stereocenters. The van der Waals surface area contributed by atoms with Crippen LogP contribution in [0.5, 0.6) is 5.75 Å². The lowest BCUT2D eigenvalue weighted by Crippen LogP contribution is -2.53. The molecular formula is C19H20ClF2N3O4S. The summed E-state index contributed by atoms with van der Waals surface area (Å²) in [7, 11) is -3.74. The highest BCUT2D eigenvalue weighted by molar-refractivity contribution is 7.89. The predicted molar refractivity (Wildman–Crippen MR) is 107 cm³/mol. The summed E-state index contributed by atoms with van der Waals surface area (Å²) in [6, 6.07) is 11.9. The molecule has 1 heterocycles. The van der Waals surface area contributed by atoms with Gasteiger partial charge in [-0.25, -0.2) is 13.2 Å². The monoisotopic (exact) mass is 459 g/mol. The van der Waals surface area contributed by atoms with Crippen LogP contribution in [-0.4, -0.2) is 56.4 Å². The summed E-state index contributed by atoms with van der Waals surface area (Å²) in [5.74, 6) is 0.00939. The number of benzene rings is 2. The van der Waals surface area contributed by atoms with Crippen molar-refractivity contribution in [3.05, 3.63) is 59.1 Å². The Morgan fingerprint density at radius 1 is 1.10 bits per heavy atom. The molecule has 1 aliphatic rings. The Balaban J connectivity index is 1.54. The van der Waals surface area contributed by atoms with Crippen LogP contribution in [0.25, 0.3) is 0 Å². The fourth-order valence-electron chi connectivity index (χ4n) is 3.05. The van der Waals surface area contributed by atoms with Crippen molar-refractivity contribution >= 4 is 27.7 Å². The highest BCUT2D eigenvalue weighted by atomic mass is 35.5. The average molecular weight is 460 g/mol. The minimum Gasteiger partial charge on any atom is -0.435 e. The molecule has 2 amide bonds. The van der Waals surface area contributed by atoms with Crippen LogP contribution in [0.1, 0.15) is 5.56 Å². The number of nitrogens with one attached hydrogen (secondary N) is 1. The molecule has 1 N–H and O–H groups in total. The fraction of sp³-hybridized carbons (Fsp3) is 0.316. The van der Waals surface area contributed by atoms with Gasteiger partial charge in [0.15, 0.2) is 0 Å². The van der Waals surface area contributed by atoms with Crippen LogP contribution in [0, 0.1) is 0 Å². The van der Waals surface area contributed by atoms with Gasteiger partial charge in [0.25, 0.3) is 0 Å². The number of rotatable bonds is 6. The van der Waals surface area contributed by atoms with Crippen molar-refractivity contribution in [1.82, 2.24) is 14.5 Å². The van der Waals surface area contributed by atoms with Gasteiger partial charge in [0.05, 0.1) is 5.02 Å². The van der Waals surface area contributed by atoms with Crippen LogP contribution in [0.4, 0.5) is 13.6 Å². The summed E-state index contributed by atoms with van der Waals surface area (Å²) in [5.41, 5.74) is 0.599. The van der Waals surface area contributed by atoms with Crippen molar-refractivity contribution in [2.24, 2.45) is 0 Å². The molecule has 30 heavy (non-hydrogen) atoms. The molecule has 0 radical (unpaired) electrons. The number of amides is 2. The zero-order valence-corrected chi connectivity index (χ0v) is 17.4. The van der Waals surface area contributed by atoms with Crippen molar-refractivity contribution in [2.75, 3.05) is 26.2 Å². The zero-order chi connectivity index (χ0) is 21.7. The van der Waals surface area contributed by atoms with Crippen LogP contribution < -0.4 is 10.1 Å². The predicted octanol–water partition coefficient (Wildman–Crippen LogP) is 3.16. The minimum absolute atomic E-state index is 0.00939. The molecule has 3 rings (SSSR count). The smallest absolute Gasteiger partial charge is 0.387 e. The van der Waals surface area contributed by atoms with Gasteiger partial charge in [0.2, 0.25) is 10.0 Å². The number of halogens is 3. The summed E-state index contributed by atoms with van der Waals surface area (Å²) in [5, 5.41) is 2.85. The molecule has 162 valence electrons. The maximum atomic E-state index is 12.8. The number of carbonyl (C=O) groups is 1. The van der Waals surface area contributed by atoms with E-state index in [4.69, 9.17) is 11.6 Å². The molecule has 7 nitrogen and oxygen atoms in total. The van der Waals surface area contributed by atoms with Gasteiger partial charge in [-0.05, 0) is 29.8 Å². The Bertz CT molecular complexity index is 999. The second-order valence-electron chi connectivity index (χ2n) is 6.51. The number of alkyl halides is 2. The second kappa shape index (κ2) is 9.59. The molecule has 2 aromatic rings. The highest BCUT2D eigenvalue weighted by Gasteiger charge is 2.31. The molecule has 0 bridgehead atoms. The number of hydrogen-bond donors (Lipinski definition) is 1. The molecule has 1 fully saturated rings. The molecule has 0 unspecified atom stereocenters. The summed E-state index contributed by atoms with van der Waals surface area (Å²) in [4.78, 5) is 13.9. The molecule has 0 spiro atoms. The highest BCUT2D eigenvalue weighted by Crippen LogP contribution is 2.25. The molecule has 1 saturated heterocycles. The maximum absolute atomic E-state index is 12.8.